The predicted molar refractivity (Wildman–Crippen MR) is 70.1 cm³/mol. The molecule has 0 saturated heterocycles. The molecule has 1 aromatic rings. The van der Waals surface area contributed by atoms with Crippen LogP contribution in [-0.4, -0.2) is 23.0 Å². The molecule has 0 bridgehead atoms. The summed E-state index contributed by atoms with van der Waals surface area (Å²) in [6.45, 7) is 0. The Morgan fingerprint density at radius 2 is 1.95 bits per heavy atom. The first kappa shape index (κ1) is 15.9. The Hall–Kier alpha value is -2.15. The third kappa shape index (κ3) is 5.66. The van der Waals surface area contributed by atoms with Gasteiger partial charge in [-0.2, -0.15) is 0 Å². The third-order valence-electron chi connectivity index (χ3n) is 2.22. The summed E-state index contributed by atoms with van der Waals surface area (Å²) >= 11 is 5.64. The van der Waals surface area contributed by atoms with Crippen LogP contribution in [0.5, 0.6) is 0 Å². The standard InChI is InChI=1S/C12H12ClFN2O4/c13-7-4-5-8(14)9(6-7)15-12(20)16-10(17)2-1-3-11(18)19/h4-6H,1-3H2,(H,18,19)(H2,15,16,17,20). The molecule has 0 aliphatic heterocycles. The molecule has 0 aliphatic carbocycles. The maximum Gasteiger partial charge on any atom is 0.325 e. The van der Waals surface area contributed by atoms with Crippen LogP contribution in [-0.2, 0) is 9.59 Å². The molecular weight excluding hydrogens is 291 g/mol. The highest BCUT2D eigenvalue weighted by Crippen LogP contribution is 2.19. The number of anilines is 1. The minimum atomic E-state index is -1.02. The number of hydrogen-bond acceptors (Lipinski definition) is 3. The summed E-state index contributed by atoms with van der Waals surface area (Å²) in [6.07, 6.45) is -0.171. The SMILES string of the molecule is O=C(O)CCCC(=O)NC(=O)Nc1cc(Cl)ccc1F. The van der Waals surface area contributed by atoms with Crippen molar-refractivity contribution in [3.05, 3.63) is 29.0 Å². The molecule has 0 atom stereocenters. The second-order valence-corrected chi connectivity index (χ2v) is 4.31. The largest absolute Gasteiger partial charge is 0.481 e. The molecule has 0 saturated carbocycles. The molecule has 0 aromatic heterocycles. The van der Waals surface area contributed by atoms with Crippen LogP contribution in [0.15, 0.2) is 18.2 Å². The van der Waals surface area contributed by atoms with Gasteiger partial charge in [0.25, 0.3) is 0 Å². The van der Waals surface area contributed by atoms with Gasteiger partial charge in [0, 0.05) is 17.9 Å². The zero-order chi connectivity index (χ0) is 15.1. The van der Waals surface area contributed by atoms with E-state index in [1.807, 2.05) is 5.32 Å². The molecule has 1 rings (SSSR count). The van der Waals surface area contributed by atoms with Crippen molar-refractivity contribution in [3.63, 3.8) is 0 Å². The lowest BCUT2D eigenvalue weighted by molar-refractivity contribution is -0.137. The molecule has 0 radical (unpaired) electrons. The number of carboxylic acid groups (broad SMARTS) is 1. The summed E-state index contributed by atoms with van der Waals surface area (Å²) < 4.78 is 13.3. The Balaban J connectivity index is 2.45. The fourth-order valence-electron chi connectivity index (χ4n) is 1.34. The molecule has 20 heavy (non-hydrogen) atoms. The van der Waals surface area contributed by atoms with Gasteiger partial charge >= 0.3 is 12.0 Å². The number of imide groups is 1. The number of benzene rings is 1. The average Bonchev–Trinajstić information content (AvgIpc) is 2.33. The molecule has 0 spiro atoms. The van der Waals surface area contributed by atoms with Gasteiger partial charge in [0.2, 0.25) is 5.91 Å². The van der Waals surface area contributed by atoms with Crippen LogP contribution in [0.2, 0.25) is 5.02 Å². The fourth-order valence-corrected chi connectivity index (χ4v) is 1.51. The summed E-state index contributed by atoms with van der Waals surface area (Å²) in [6, 6.07) is 2.68. The zero-order valence-electron chi connectivity index (χ0n) is 10.3. The van der Waals surface area contributed by atoms with E-state index >= 15 is 0 Å². The van der Waals surface area contributed by atoms with E-state index in [2.05, 4.69) is 5.32 Å². The van der Waals surface area contributed by atoms with Crippen molar-refractivity contribution < 1.29 is 23.9 Å². The number of amides is 3. The quantitative estimate of drug-likeness (QED) is 0.778. The second-order valence-electron chi connectivity index (χ2n) is 3.87. The minimum absolute atomic E-state index is 0.111. The molecule has 6 nitrogen and oxygen atoms in total. The Morgan fingerprint density at radius 1 is 1.25 bits per heavy atom. The minimum Gasteiger partial charge on any atom is -0.481 e. The van der Waals surface area contributed by atoms with E-state index in [-0.39, 0.29) is 30.0 Å². The summed E-state index contributed by atoms with van der Waals surface area (Å²) in [5, 5.41) is 12.7. The molecule has 0 fully saturated rings. The number of hydrogen-bond donors (Lipinski definition) is 3. The molecule has 8 heteroatoms. The molecule has 3 N–H and O–H groups in total. The van der Waals surface area contributed by atoms with E-state index in [0.717, 1.165) is 6.07 Å². The van der Waals surface area contributed by atoms with Crippen molar-refractivity contribution in [3.8, 4) is 0 Å². The molecule has 3 amide bonds. The number of carbonyl (C=O) groups is 3. The van der Waals surface area contributed by atoms with Crippen molar-refractivity contribution in [1.29, 1.82) is 0 Å². The maximum atomic E-state index is 13.3. The predicted octanol–water partition coefficient (Wildman–Crippen LogP) is 2.38. The van der Waals surface area contributed by atoms with Gasteiger partial charge in [0.1, 0.15) is 5.82 Å². The van der Waals surface area contributed by atoms with Crippen LogP contribution >= 0.6 is 11.6 Å². The van der Waals surface area contributed by atoms with Crippen molar-refractivity contribution >= 4 is 35.2 Å². The van der Waals surface area contributed by atoms with Gasteiger partial charge in [-0.15, -0.1) is 0 Å². The van der Waals surface area contributed by atoms with Gasteiger partial charge < -0.3 is 10.4 Å². The highest BCUT2D eigenvalue weighted by Gasteiger charge is 2.11. The Bertz CT molecular complexity index is 536. The molecule has 1 aromatic carbocycles. The lowest BCUT2D eigenvalue weighted by Gasteiger charge is -2.07. The molecule has 0 unspecified atom stereocenters. The van der Waals surface area contributed by atoms with E-state index in [1.54, 1.807) is 0 Å². The van der Waals surface area contributed by atoms with Crippen LogP contribution in [0.1, 0.15) is 19.3 Å². The van der Waals surface area contributed by atoms with Gasteiger partial charge in [-0.25, -0.2) is 9.18 Å². The second kappa shape index (κ2) is 7.44. The van der Waals surface area contributed by atoms with Crippen LogP contribution < -0.4 is 10.6 Å². The molecule has 0 heterocycles. The third-order valence-corrected chi connectivity index (χ3v) is 2.46. The smallest absolute Gasteiger partial charge is 0.325 e. The first-order valence-corrected chi connectivity index (χ1v) is 6.04. The van der Waals surface area contributed by atoms with E-state index in [4.69, 9.17) is 16.7 Å². The summed E-state index contributed by atoms with van der Waals surface area (Å²) in [7, 11) is 0. The first-order valence-electron chi connectivity index (χ1n) is 5.66. The number of urea groups is 1. The lowest BCUT2D eigenvalue weighted by atomic mass is 10.2. The van der Waals surface area contributed by atoms with Crippen LogP contribution in [0.25, 0.3) is 0 Å². The zero-order valence-corrected chi connectivity index (χ0v) is 11.0. The Morgan fingerprint density at radius 3 is 2.60 bits per heavy atom. The lowest BCUT2D eigenvalue weighted by Crippen LogP contribution is -2.34. The van der Waals surface area contributed by atoms with Crippen molar-refractivity contribution in [2.45, 2.75) is 19.3 Å². The molecular formula is C12H12ClFN2O4. The number of carbonyl (C=O) groups excluding carboxylic acids is 2. The first-order chi connectivity index (χ1) is 9.38. The molecule has 0 aliphatic rings. The Labute approximate surface area is 118 Å². The number of halogens is 2. The average molecular weight is 303 g/mol. The van der Waals surface area contributed by atoms with E-state index in [9.17, 15) is 18.8 Å². The molecule has 108 valence electrons. The normalized spacial score (nSPS) is 9.90. The van der Waals surface area contributed by atoms with Crippen molar-refractivity contribution in [2.75, 3.05) is 5.32 Å². The fraction of sp³-hybridized carbons (Fsp3) is 0.250. The van der Waals surface area contributed by atoms with Gasteiger partial charge in [-0.3, -0.25) is 14.9 Å². The monoisotopic (exact) mass is 302 g/mol. The number of aliphatic carboxylic acids is 1. The summed E-state index contributed by atoms with van der Waals surface area (Å²) in [4.78, 5) is 33.0. The van der Waals surface area contributed by atoms with E-state index in [1.165, 1.54) is 12.1 Å². The number of nitrogens with one attached hydrogen (secondary N) is 2. The highest BCUT2D eigenvalue weighted by atomic mass is 35.5. The van der Waals surface area contributed by atoms with Gasteiger partial charge in [-0.1, -0.05) is 11.6 Å². The topological polar surface area (TPSA) is 95.5 Å². The van der Waals surface area contributed by atoms with Crippen LogP contribution in [0.4, 0.5) is 14.9 Å². The van der Waals surface area contributed by atoms with Crippen LogP contribution in [0, 0.1) is 5.82 Å². The van der Waals surface area contributed by atoms with E-state index in [0.29, 0.717) is 0 Å². The number of rotatable bonds is 5. The van der Waals surface area contributed by atoms with Crippen molar-refractivity contribution in [2.24, 2.45) is 0 Å². The summed E-state index contributed by atoms with van der Waals surface area (Å²) in [5.74, 6) is -2.36. The Kier molecular flexibility index (Phi) is 5.92. The highest BCUT2D eigenvalue weighted by molar-refractivity contribution is 6.30. The van der Waals surface area contributed by atoms with Gasteiger partial charge in [0.05, 0.1) is 5.69 Å². The van der Waals surface area contributed by atoms with Gasteiger partial charge in [-0.05, 0) is 24.6 Å². The van der Waals surface area contributed by atoms with Crippen molar-refractivity contribution in [1.82, 2.24) is 5.32 Å². The van der Waals surface area contributed by atoms with Crippen LogP contribution in [0.3, 0.4) is 0 Å². The maximum absolute atomic E-state index is 13.3. The summed E-state index contributed by atoms with van der Waals surface area (Å²) in [5.41, 5.74) is -0.159. The number of carboxylic acids is 1. The van der Waals surface area contributed by atoms with Gasteiger partial charge in [0.15, 0.2) is 0 Å². The van der Waals surface area contributed by atoms with E-state index < -0.39 is 23.7 Å².